The summed E-state index contributed by atoms with van der Waals surface area (Å²) in [5.41, 5.74) is 0.599. The average Bonchev–Trinajstić information content (AvgIpc) is 1.63. The maximum absolute atomic E-state index is 14.8. The molecule has 2 aliphatic carbocycles. The molecule has 8 aromatic rings. The number of rotatable bonds is 26. The Balaban J connectivity index is 0.000000250. The van der Waals surface area contributed by atoms with Gasteiger partial charge in [0.15, 0.2) is 31.2 Å². The van der Waals surface area contributed by atoms with Crippen LogP contribution in [0.4, 0.5) is 38.5 Å². The molecule has 0 bridgehead atoms. The summed E-state index contributed by atoms with van der Waals surface area (Å²) in [6, 6.07) is 3.47. The first-order valence-corrected chi connectivity index (χ1v) is 35.7. The first kappa shape index (κ1) is 79.4. The molecular formula is C59H73ClF4N14O18P2S2. The van der Waals surface area contributed by atoms with Gasteiger partial charge in [-0.1, -0.05) is 19.0 Å². The summed E-state index contributed by atoms with van der Waals surface area (Å²) in [5.74, 6) is -4.62. The number of ether oxygens (including phenoxy) is 6. The highest BCUT2D eigenvalue weighted by molar-refractivity contribution is 7.47. The van der Waals surface area contributed by atoms with E-state index in [0.717, 1.165) is 98.3 Å². The predicted octanol–water partition coefficient (Wildman–Crippen LogP) is 12.7. The Labute approximate surface area is 582 Å². The second-order valence-corrected chi connectivity index (χ2v) is 26.5. The second-order valence-electron chi connectivity index (χ2n) is 21.9. The van der Waals surface area contributed by atoms with Gasteiger partial charge < -0.3 is 53.7 Å². The number of nitrogens with one attached hydrogen (secondary N) is 2. The van der Waals surface area contributed by atoms with Crippen molar-refractivity contribution in [3.05, 3.63) is 107 Å². The van der Waals surface area contributed by atoms with Gasteiger partial charge >= 0.3 is 28.0 Å². The first-order valence-electron chi connectivity index (χ1n) is 30.4. The molecule has 10 rings (SSSR count). The highest BCUT2D eigenvalue weighted by Crippen LogP contribution is 2.44. The zero-order valence-corrected chi connectivity index (χ0v) is 57.9. The molecule has 41 heteroatoms. The van der Waals surface area contributed by atoms with Gasteiger partial charge in [0.25, 0.3) is 11.8 Å². The third-order valence-corrected chi connectivity index (χ3v) is 17.3. The number of halogens is 5. The van der Waals surface area contributed by atoms with E-state index in [1.807, 2.05) is 13.8 Å². The molecule has 0 radical (unpaired) electrons. The Morgan fingerprint density at radius 3 is 1.42 bits per heavy atom. The molecule has 0 aromatic carbocycles. The van der Waals surface area contributed by atoms with E-state index in [2.05, 4.69) is 74.2 Å². The lowest BCUT2D eigenvalue weighted by Gasteiger charge is -2.28. The van der Waals surface area contributed by atoms with E-state index in [0.29, 0.717) is 34.4 Å². The summed E-state index contributed by atoms with van der Waals surface area (Å²) < 4.78 is 130. The Morgan fingerprint density at radius 2 is 1.02 bits per heavy atom. The fourth-order valence-corrected chi connectivity index (χ4v) is 12.1. The van der Waals surface area contributed by atoms with Crippen molar-refractivity contribution in [3.8, 4) is 43.9 Å². The average molecular weight is 1500 g/mol. The van der Waals surface area contributed by atoms with Crippen LogP contribution in [-0.4, -0.2) is 148 Å². The maximum atomic E-state index is 14.8. The summed E-state index contributed by atoms with van der Waals surface area (Å²) in [6.07, 6.45) is 13.1. The van der Waals surface area contributed by atoms with E-state index in [1.165, 1.54) is 44.9 Å². The fraction of sp³-hybridized carbons (Fsp3) is 0.458. The minimum atomic E-state index is -4.67. The zero-order chi connectivity index (χ0) is 71.6. The first-order chi connectivity index (χ1) is 47.2. The van der Waals surface area contributed by atoms with Crippen LogP contribution >= 0.6 is 49.9 Å². The summed E-state index contributed by atoms with van der Waals surface area (Å²) in [7, 11) is -9.29. The van der Waals surface area contributed by atoms with Gasteiger partial charge in [-0.05, 0) is 117 Å². The number of amides is 2. The highest BCUT2D eigenvalue weighted by atomic mass is 35.5. The SMILES string of the molecule is C.CC(C)OC(=O)OCCl.CCOC1CCC(n2cc(NC(=O)c3csc(-c4cnn(COP(=O)(O)O)c4)n3)c(-c3nc(F)ccc3F)n2)CC1.CCOC1CCC(n2cc(NC(=O)c3csc(-c4cnn(COP(=O)(O)OCOC(=O)OC(C)C)c4)n3)c(-c3nc(F)ccc3F)n2)CC1. The topological polar surface area (TPSA) is 393 Å². The number of hydrogen-bond acceptors (Lipinski definition) is 25. The molecule has 1 unspecified atom stereocenters. The molecule has 544 valence electrons. The van der Waals surface area contributed by atoms with Crippen molar-refractivity contribution in [2.24, 2.45) is 0 Å². The van der Waals surface area contributed by atoms with Crippen LogP contribution in [0.3, 0.4) is 0 Å². The van der Waals surface area contributed by atoms with Gasteiger partial charge in [-0.15, -0.1) is 22.7 Å². The van der Waals surface area contributed by atoms with Crippen molar-refractivity contribution in [2.45, 2.75) is 150 Å². The van der Waals surface area contributed by atoms with E-state index < -0.39 is 89.7 Å². The molecule has 8 aromatic heterocycles. The molecule has 2 fully saturated rings. The third kappa shape index (κ3) is 23.6. The van der Waals surface area contributed by atoms with Gasteiger partial charge in [-0.25, -0.2) is 61.3 Å². The monoisotopic (exact) mass is 1500 g/mol. The number of hydrogen-bond donors (Lipinski definition) is 5. The Bertz CT molecular complexity index is 4120. The second kappa shape index (κ2) is 37.1. The van der Waals surface area contributed by atoms with Crippen molar-refractivity contribution in [3.63, 3.8) is 0 Å². The molecule has 32 nitrogen and oxygen atoms in total. The van der Waals surface area contributed by atoms with Crippen LogP contribution in [-0.2, 0) is 64.6 Å². The number of aromatic nitrogens is 12. The van der Waals surface area contributed by atoms with Gasteiger partial charge in [0.2, 0.25) is 18.7 Å². The summed E-state index contributed by atoms with van der Waals surface area (Å²) in [4.78, 5) is 91.8. The van der Waals surface area contributed by atoms with Crippen molar-refractivity contribution < 1.29 is 103 Å². The van der Waals surface area contributed by atoms with Gasteiger partial charge in [0.05, 0.1) is 60.3 Å². The quantitative estimate of drug-likeness (QED) is 0.00839. The molecule has 0 spiro atoms. The third-order valence-electron chi connectivity index (χ3n) is 14.0. The van der Waals surface area contributed by atoms with Crippen molar-refractivity contribution in [1.82, 2.24) is 59.1 Å². The summed E-state index contributed by atoms with van der Waals surface area (Å²) in [6.45, 7) is 9.95. The van der Waals surface area contributed by atoms with Gasteiger partial charge in [0.1, 0.15) is 44.2 Å². The van der Waals surface area contributed by atoms with E-state index in [4.69, 9.17) is 40.1 Å². The number of phosphoric ester groups is 2. The van der Waals surface area contributed by atoms with E-state index in [9.17, 15) is 50.8 Å². The number of thiazole rings is 2. The number of anilines is 2. The van der Waals surface area contributed by atoms with Crippen LogP contribution in [0, 0.1) is 23.5 Å². The van der Waals surface area contributed by atoms with Gasteiger partial charge in [0, 0.05) is 59.9 Å². The van der Waals surface area contributed by atoms with Gasteiger partial charge in [-0.2, -0.15) is 29.2 Å². The predicted molar refractivity (Wildman–Crippen MR) is 352 cm³/mol. The summed E-state index contributed by atoms with van der Waals surface area (Å²) in [5, 5.41) is 26.3. The summed E-state index contributed by atoms with van der Waals surface area (Å²) >= 11 is 7.32. The minimum Gasteiger partial charge on any atom is -0.432 e. The number of nitrogens with zero attached hydrogens (tertiary/aromatic N) is 12. The van der Waals surface area contributed by atoms with Crippen LogP contribution in [0.15, 0.2) is 72.2 Å². The van der Waals surface area contributed by atoms with Crippen molar-refractivity contribution in [1.29, 1.82) is 0 Å². The van der Waals surface area contributed by atoms with Gasteiger partial charge in [-0.3, -0.25) is 28.0 Å². The lowest BCUT2D eigenvalue weighted by molar-refractivity contribution is -0.0224. The number of carbonyl (C=O) groups excluding carboxylic acids is 4. The number of alkyl halides is 1. The van der Waals surface area contributed by atoms with Crippen LogP contribution in [0.1, 0.15) is 133 Å². The van der Waals surface area contributed by atoms with Crippen LogP contribution in [0.25, 0.3) is 43.9 Å². The molecule has 2 amide bonds. The van der Waals surface area contributed by atoms with Crippen LogP contribution in [0.2, 0.25) is 0 Å². The van der Waals surface area contributed by atoms with Crippen LogP contribution in [0.5, 0.6) is 0 Å². The Hall–Kier alpha value is -7.97. The van der Waals surface area contributed by atoms with Crippen molar-refractivity contribution in [2.75, 3.05) is 36.7 Å². The highest BCUT2D eigenvalue weighted by Gasteiger charge is 2.31. The van der Waals surface area contributed by atoms with E-state index in [1.54, 1.807) is 49.5 Å². The fourth-order valence-electron chi connectivity index (χ4n) is 9.71. The zero-order valence-electron chi connectivity index (χ0n) is 53.7. The Kier molecular flexibility index (Phi) is 29.4. The maximum Gasteiger partial charge on any atom is 0.510 e. The Morgan fingerprint density at radius 1 is 0.600 bits per heavy atom. The molecule has 5 N–H and O–H groups in total. The smallest absolute Gasteiger partial charge is 0.432 e. The number of carbonyl (C=O) groups is 4. The molecule has 0 saturated heterocycles. The molecule has 2 aliphatic rings. The number of pyridine rings is 2. The molecule has 0 aliphatic heterocycles. The lowest BCUT2D eigenvalue weighted by Crippen LogP contribution is -2.24. The molecule has 1 atom stereocenters. The minimum absolute atomic E-state index is 0. The normalized spacial score (nSPS) is 16.6. The molecule has 2 saturated carbocycles. The molecule has 100 heavy (non-hydrogen) atoms. The molecule has 8 heterocycles. The van der Waals surface area contributed by atoms with E-state index in [-0.39, 0.29) is 89.4 Å². The largest absolute Gasteiger partial charge is 0.510 e. The lowest BCUT2D eigenvalue weighted by atomic mass is 9.93. The molecular weight excluding hydrogens is 1430 g/mol. The van der Waals surface area contributed by atoms with Crippen LogP contribution < -0.4 is 10.6 Å². The number of phosphoric acid groups is 2. The van der Waals surface area contributed by atoms with E-state index >= 15 is 0 Å². The standard InChI is InChI=1S/C29H34F2N7O9PS.C24H26F2N7O6PS.C5H9ClO3.CH4/c1-4-43-20-7-5-19(6-8-20)38-13-22(26(36-38)25-21(30)9-10-24(31)35-25)33-27(39)23-14-49-28(34-23)18-11-32-37(12-18)15-45-48(41,42)46-16-44-29(40)47-17(2)3;1-2-38-16-5-3-15(4-6-16)33-11-18(22(31-33)21-17(25)7-8-20(26)30-21)28-23(34)19-12-41-24(29-19)14-9-27-32(10-14)13-39-40(35,36)37;1-4(2)9-5(7)8-3-6;/h9-14,17,19-20H,4-8,15-16H2,1-3H3,(H,33,39)(H,41,42);7-12,15-16H,2-6,13H2,1H3,(H,28,34)(H2,35,36,37);4H,3H2,1-2H3;1H4. The van der Waals surface area contributed by atoms with Crippen molar-refractivity contribution >= 4 is 85.4 Å².